The van der Waals surface area contributed by atoms with E-state index in [2.05, 4.69) is 9.97 Å². The van der Waals surface area contributed by atoms with Crippen molar-refractivity contribution in [3.05, 3.63) is 42.2 Å². The van der Waals surface area contributed by atoms with Crippen LogP contribution in [0.15, 0.2) is 36.5 Å². The number of imidazole rings is 1. The van der Waals surface area contributed by atoms with E-state index in [0.717, 1.165) is 17.1 Å². The number of nitrogens with one attached hydrogen (secondary N) is 1. The topological polar surface area (TPSA) is 28.7 Å². The Morgan fingerprint density at radius 1 is 1.23 bits per heavy atom. The van der Waals surface area contributed by atoms with E-state index in [0.29, 0.717) is 5.88 Å². The summed E-state index contributed by atoms with van der Waals surface area (Å²) in [5.41, 5.74) is 2.03. The van der Waals surface area contributed by atoms with Crippen molar-refractivity contribution in [2.75, 3.05) is 0 Å². The van der Waals surface area contributed by atoms with Crippen LogP contribution in [-0.2, 0) is 5.88 Å². The Kier molecular flexibility index (Phi) is 2.32. The van der Waals surface area contributed by atoms with Gasteiger partial charge in [0.2, 0.25) is 0 Å². The summed E-state index contributed by atoms with van der Waals surface area (Å²) < 4.78 is 0. The molecule has 0 fully saturated rings. The number of aromatic nitrogens is 2. The molecule has 1 heterocycles. The smallest absolute Gasteiger partial charge is 0.137 e. The standard InChI is InChI=1S/C10H9ClN2/c11-6-9-7-12-10(13-9)8-4-2-1-3-5-8/h1-5,7H,6H2,(H,12,13). The molecule has 0 spiro atoms. The number of aromatic amines is 1. The predicted molar refractivity (Wildman–Crippen MR) is 53.6 cm³/mol. The Morgan fingerprint density at radius 3 is 2.62 bits per heavy atom. The lowest BCUT2D eigenvalue weighted by molar-refractivity contribution is 1.22. The minimum Gasteiger partial charge on any atom is -0.341 e. The molecule has 1 N–H and O–H groups in total. The van der Waals surface area contributed by atoms with Crippen LogP contribution in [0.1, 0.15) is 5.69 Å². The molecule has 0 amide bonds. The first-order valence-electron chi connectivity index (χ1n) is 4.05. The van der Waals surface area contributed by atoms with Crippen molar-refractivity contribution in [3.63, 3.8) is 0 Å². The van der Waals surface area contributed by atoms with E-state index in [1.54, 1.807) is 6.20 Å². The summed E-state index contributed by atoms with van der Waals surface area (Å²) in [6.45, 7) is 0. The molecule has 2 rings (SSSR count). The lowest BCUT2D eigenvalue weighted by Gasteiger charge is -1.94. The molecule has 0 bridgehead atoms. The SMILES string of the molecule is ClCc1cnc(-c2ccccc2)[nH]1. The summed E-state index contributed by atoms with van der Waals surface area (Å²) >= 11 is 5.66. The average molecular weight is 193 g/mol. The van der Waals surface area contributed by atoms with Gasteiger partial charge in [0.15, 0.2) is 0 Å². The maximum Gasteiger partial charge on any atom is 0.137 e. The first kappa shape index (κ1) is 8.32. The van der Waals surface area contributed by atoms with Gasteiger partial charge in [-0.05, 0) is 0 Å². The number of rotatable bonds is 2. The second-order valence-corrected chi connectivity index (χ2v) is 3.02. The normalized spacial score (nSPS) is 10.2. The number of hydrogen-bond donors (Lipinski definition) is 1. The van der Waals surface area contributed by atoms with Crippen molar-refractivity contribution < 1.29 is 0 Å². The molecule has 2 aromatic rings. The van der Waals surface area contributed by atoms with E-state index >= 15 is 0 Å². The van der Waals surface area contributed by atoms with Gasteiger partial charge in [0.25, 0.3) is 0 Å². The van der Waals surface area contributed by atoms with Gasteiger partial charge in [0.1, 0.15) is 5.82 Å². The fourth-order valence-electron chi connectivity index (χ4n) is 1.17. The van der Waals surface area contributed by atoms with Crippen molar-refractivity contribution in [2.45, 2.75) is 5.88 Å². The van der Waals surface area contributed by atoms with Gasteiger partial charge in [-0.25, -0.2) is 4.98 Å². The van der Waals surface area contributed by atoms with Gasteiger partial charge >= 0.3 is 0 Å². The van der Waals surface area contributed by atoms with Crippen LogP contribution in [0.25, 0.3) is 11.4 Å². The first-order valence-corrected chi connectivity index (χ1v) is 4.59. The summed E-state index contributed by atoms with van der Waals surface area (Å²) in [7, 11) is 0. The maximum atomic E-state index is 5.66. The molecule has 0 aliphatic carbocycles. The summed E-state index contributed by atoms with van der Waals surface area (Å²) in [6.07, 6.45) is 1.76. The van der Waals surface area contributed by atoms with Crippen molar-refractivity contribution >= 4 is 11.6 Å². The van der Waals surface area contributed by atoms with Crippen LogP contribution < -0.4 is 0 Å². The highest BCUT2D eigenvalue weighted by Gasteiger charge is 2.00. The highest BCUT2D eigenvalue weighted by Crippen LogP contribution is 2.15. The lowest BCUT2D eigenvalue weighted by atomic mass is 10.2. The molecular formula is C10H9ClN2. The van der Waals surface area contributed by atoms with E-state index in [9.17, 15) is 0 Å². The monoisotopic (exact) mass is 192 g/mol. The molecule has 66 valence electrons. The summed E-state index contributed by atoms with van der Waals surface area (Å²) in [6, 6.07) is 9.97. The number of benzene rings is 1. The van der Waals surface area contributed by atoms with Gasteiger partial charge in [0, 0.05) is 17.5 Å². The Bertz CT molecular complexity index is 381. The van der Waals surface area contributed by atoms with Crippen molar-refractivity contribution in [3.8, 4) is 11.4 Å². The van der Waals surface area contributed by atoms with Crippen LogP contribution in [-0.4, -0.2) is 9.97 Å². The fraction of sp³-hybridized carbons (Fsp3) is 0.100. The van der Waals surface area contributed by atoms with Crippen LogP contribution in [0.3, 0.4) is 0 Å². The number of alkyl halides is 1. The van der Waals surface area contributed by atoms with Crippen LogP contribution in [0.2, 0.25) is 0 Å². The highest BCUT2D eigenvalue weighted by molar-refractivity contribution is 6.16. The van der Waals surface area contributed by atoms with Gasteiger partial charge < -0.3 is 4.98 Å². The minimum absolute atomic E-state index is 0.472. The molecule has 2 nitrogen and oxygen atoms in total. The van der Waals surface area contributed by atoms with E-state index in [1.807, 2.05) is 30.3 Å². The van der Waals surface area contributed by atoms with Gasteiger partial charge in [0.05, 0.1) is 5.88 Å². The maximum absolute atomic E-state index is 5.66. The van der Waals surface area contributed by atoms with Crippen molar-refractivity contribution in [2.24, 2.45) is 0 Å². The summed E-state index contributed by atoms with van der Waals surface area (Å²) in [5, 5.41) is 0. The van der Waals surface area contributed by atoms with E-state index in [4.69, 9.17) is 11.6 Å². The molecule has 0 radical (unpaired) electrons. The molecule has 0 aliphatic heterocycles. The second kappa shape index (κ2) is 3.62. The van der Waals surface area contributed by atoms with Crippen molar-refractivity contribution in [1.82, 2.24) is 9.97 Å². The highest BCUT2D eigenvalue weighted by atomic mass is 35.5. The molecule has 0 aliphatic rings. The molecule has 3 heteroatoms. The Balaban J connectivity index is 2.36. The average Bonchev–Trinajstić information content (AvgIpc) is 2.67. The molecule has 0 atom stereocenters. The van der Waals surface area contributed by atoms with Crippen LogP contribution in [0.4, 0.5) is 0 Å². The Hall–Kier alpha value is -1.28. The first-order chi connectivity index (χ1) is 6.40. The number of H-pyrrole nitrogens is 1. The summed E-state index contributed by atoms with van der Waals surface area (Å²) in [5.74, 6) is 1.34. The van der Waals surface area contributed by atoms with Gasteiger partial charge in [-0.15, -0.1) is 11.6 Å². The van der Waals surface area contributed by atoms with E-state index in [1.165, 1.54) is 0 Å². The van der Waals surface area contributed by atoms with Crippen LogP contribution in [0, 0.1) is 0 Å². The van der Waals surface area contributed by atoms with E-state index in [-0.39, 0.29) is 0 Å². The Morgan fingerprint density at radius 2 is 2.00 bits per heavy atom. The molecule has 1 aromatic heterocycles. The third kappa shape index (κ3) is 1.73. The minimum atomic E-state index is 0.472. The molecule has 0 saturated carbocycles. The molecule has 0 unspecified atom stereocenters. The predicted octanol–water partition coefficient (Wildman–Crippen LogP) is 2.82. The lowest BCUT2D eigenvalue weighted by Crippen LogP contribution is -1.80. The second-order valence-electron chi connectivity index (χ2n) is 2.76. The number of hydrogen-bond acceptors (Lipinski definition) is 1. The number of nitrogens with zero attached hydrogens (tertiary/aromatic N) is 1. The molecule has 0 saturated heterocycles. The third-order valence-corrected chi connectivity index (χ3v) is 2.11. The van der Waals surface area contributed by atoms with E-state index < -0.39 is 0 Å². The molecule has 13 heavy (non-hydrogen) atoms. The fourth-order valence-corrected chi connectivity index (χ4v) is 1.31. The van der Waals surface area contributed by atoms with Gasteiger partial charge in [-0.1, -0.05) is 30.3 Å². The molecule has 1 aromatic carbocycles. The third-order valence-electron chi connectivity index (χ3n) is 1.82. The Labute approximate surface area is 81.6 Å². The van der Waals surface area contributed by atoms with Crippen molar-refractivity contribution in [1.29, 1.82) is 0 Å². The van der Waals surface area contributed by atoms with Gasteiger partial charge in [-0.2, -0.15) is 0 Å². The summed E-state index contributed by atoms with van der Waals surface area (Å²) in [4.78, 5) is 7.35. The van der Waals surface area contributed by atoms with Crippen LogP contribution >= 0.6 is 11.6 Å². The molecular weight excluding hydrogens is 184 g/mol. The zero-order valence-corrected chi connectivity index (χ0v) is 7.75. The van der Waals surface area contributed by atoms with Gasteiger partial charge in [-0.3, -0.25) is 0 Å². The zero-order valence-electron chi connectivity index (χ0n) is 7.00. The van der Waals surface area contributed by atoms with Crippen LogP contribution in [0.5, 0.6) is 0 Å². The number of halogens is 1. The zero-order chi connectivity index (χ0) is 9.10. The quantitative estimate of drug-likeness (QED) is 0.729. The largest absolute Gasteiger partial charge is 0.341 e.